The summed E-state index contributed by atoms with van der Waals surface area (Å²) < 4.78 is 17.2. The third-order valence-electron chi connectivity index (χ3n) is 6.47. The van der Waals surface area contributed by atoms with Gasteiger partial charge >= 0.3 is 0 Å². The Hall–Kier alpha value is -1.34. The highest BCUT2D eigenvalue weighted by Crippen LogP contribution is 2.37. The summed E-state index contributed by atoms with van der Waals surface area (Å²) in [4.78, 5) is 4.79. The van der Waals surface area contributed by atoms with E-state index < -0.39 is 6.10 Å². The van der Waals surface area contributed by atoms with Crippen LogP contribution in [0.15, 0.2) is 18.2 Å². The van der Waals surface area contributed by atoms with E-state index in [0.717, 1.165) is 57.9 Å². The molecule has 0 aromatic heterocycles. The molecule has 3 heterocycles. The van der Waals surface area contributed by atoms with Gasteiger partial charge in [-0.3, -0.25) is 4.90 Å². The summed E-state index contributed by atoms with van der Waals surface area (Å²) in [7, 11) is 1.67. The van der Waals surface area contributed by atoms with E-state index in [0.29, 0.717) is 18.9 Å². The molecule has 1 N–H and O–H groups in total. The second-order valence-corrected chi connectivity index (χ2v) is 8.52. The minimum absolute atomic E-state index is 0.196. The lowest BCUT2D eigenvalue weighted by atomic mass is 9.84. The molecule has 6 heteroatoms. The second-order valence-electron chi connectivity index (χ2n) is 8.52. The van der Waals surface area contributed by atoms with Gasteiger partial charge in [-0.2, -0.15) is 0 Å². The predicted octanol–water partition coefficient (Wildman–Crippen LogP) is 2.29. The van der Waals surface area contributed by atoms with Crippen molar-refractivity contribution >= 4 is 0 Å². The molecule has 1 aromatic rings. The van der Waals surface area contributed by atoms with Gasteiger partial charge in [0.1, 0.15) is 12.7 Å². The maximum Gasteiger partial charge on any atom is 0.161 e. The Bertz CT molecular complexity index is 633. The molecule has 3 aliphatic heterocycles. The van der Waals surface area contributed by atoms with Crippen LogP contribution in [0.5, 0.6) is 11.5 Å². The first-order valence-corrected chi connectivity index (χ1v) is 10.7. The van der Waals surface area contributed by atoms with Crippen molar-refractivity contribution < 1.29 is 19.3 Å². The molecular formula is C22H34N2O4. The molecule has 0 bridgehead atoms. The number of methoxy groups -OCH3 is 1. The number of hydrogen-bond donors (Lipinski definition) is 1. The first-order chi connectivity index (χ1) is 13.7. The van der Waals surface area contributed by atoms with E-state index in [1.165, 1.54) is 24.8 Å². The van der Waals surface area contributed by atoms with Crippen molar-refractivity contribution in [2.75, 3.05) is 53.0 Å². The van der Waals surface area contributed by atoms with Gasteiger partial charge in [-0.05, 0) is 62.9 Å². The van der Waals surface area contributed by atoms with E-state index in [4.69, 9.17) is 14.2 Å². The molecule has 3 fully saturated rings. The van der Waals surface area contributed by atoms with Crippen molar-refractivity contribution in [1.29, 1.82) is 0 Å². The van der Waals surface area contributed by atoms with E-state index in [-0.39, 0.29) is 5.60 Å². The molecule has 3 aliphatic rings. The van der Waals surface area contributed by atoms with Gasteiger partial charge in [0.2, 0.25) is 0 Å². The maximum atomic E-state index is 10.2. The highest BCUT2D eigenvalue weighted by atomic mass is 16.5. The Morgan fingerprint density at radius 1 is 1.07 bits per heavy atom. The van der Waals surface area contributed by atoms with Crippen LogP contribution in [0.4, 0.5) is 0 Å². The van der Waals surface area contributed by atoms with E-state index in [1.54, 1.807) is 7.11 Å². The summed E-state index contributed by atoms with van der Waals surface area (Å²) in [6.45, 7) is 7.17. The summed E-state index contributed by atoms with van der Waals surface area (Å²) in [5.74, 6) is 1.44. The van der Waals surface area contributed by atoms with Crippen LogP contribution in [0.3, 0.4) is 0 Å². The zero-order chi connectivity index (χ0) is 19.4. The molecule has 0 amide bonds. The number of aliphatic hydroxyl groups excluding tert-OH is 1. The Labute approximate surface area is 168 Å². The van der Waals surface area contributed by atoms with Gasteiger partial charge in [-0.15, -0.1) is 0 Å². The number of likely N-dealkylation sites (tertiary alicyclic amines) is 2. The van der Waals surface area contributed by atoms with Crippen molar-refractivity contribution in [3.05, 3.63) is 23.8 Å². The topological polar surface area (TPSA) is 54.4 Å². The number of aliphatic hydroxyl groups is 1. The number of piperidine rings is 1. The summed E-state index contributed by atoms with van der Waals surface area (Å²) in [6, 6.07) is 6.14. The molecule has 156 valence electrons. The number of β-amino-alcohol motifs (C(OH)–C–C–N with tert-alkyl or cyclic N) is 1. The standard InChI is InChI=1S/C22H34N2O4/c1-26-21-14-18(15-24-11-6-22(7-12-24)8-13-28-22)4-5-20(21)27-17-19(25)16-23-9-2-3-10-23/h4-5,14,19,25H,2-3,6-13,15-17H2,1H3/t19-/m0/s1. The molecular weight excluding hydrogens is 356 g/mol. The average Bonchev–Trinajstić information content (AvgIpc) is 3.19. The molecule has 1 spiro atoms. The zero-order valence-electron chi connectivity index (χ0n) is 17.1. The molecule has 0 saturated carbocycles. The lowest BCUT2D eigenvalue weighted by Crippen LogP contribution is -2.52. The van der Waals surface area contributed by atoms with Gasteiger partial charge in [0.05, 0.1) is 19.3 Å². The number of hydrogen-bond acceptors (Lipinski definition) is 6. The van der Waals surface area contributed by atoms with Crippen LogP contribution < -0.4 is 9.47 Å². The quantitative estimate of drug-likeness (QED) is 0.735. The Morgan fingerprint density at radius 2 is 1.82 bits per heavy atom. The summed E-state index contributed by atoms with van der Waals surface area (Å²) in [5, 5.41) is 10.2. The monoisotopic (exact) mass is 390 g/mol. The molecule has 0 radical (unpaired) electrons. The summed E-state index contributed by atoms with van der Waals surface area (Å²) >= 11 is 0. The Balaban J connectivity index is 1.27. The van der Waals surface area contributed by atoms with E-state index >= 15 is 0 Å². The Morgan fingerprint density at radius 3 is 2.46 bits per heavy atom. The zero-order valence-corrected chi connectivity index (χ0v) is 17.1. The van der Waals surface area contributed by atoms with Crippen molar-refractivity contribution in [3.8, 4) is 11.5 Å². The summed E-state index contributed by atoms with van der Waals surface area (Å²) in [5.41, 5.74) is 1.43. The highest BCUT2D eigenvalue weighted by Gasteiger charge is 2.40. The normalized spacial score (nSPS) is 23.5. The third kappa shape index (κ3) is 4.79. The average molecular weight is 391 g/mol. The molecule has 3 saturated heterocycles. The van der Waals surface area contributed by atoms with E-state index in [2.05, 4.69) is 21.9 Å². The first kappa shape index (κ1) is 20.0. The van der Waals surface area contributed by atoms with Crippen LogP contribution in [0.2, 0.25) is 0 Å². The molecule has 6 nitrogen and oxygen atoms in total. The Kier molecular flexibility index (Phi) is 6.41. The van der Waals surface area contributed by atoms with Crippen molar-refractivity contribution in [1.82, 2.24) is 9.80 Å². The van der Waals surface area contributed by atoms with Gasteiger partial charge in [0.15, 0.2) is 11.5 Å². The fraction of sp³-hybridized carbons (Fsp3) is 0.727. The van der Waals surface area contributed by atoms with Gasteiger partial charge < -0.3 is 24.2 Å². The van der Waals surface area contributed by atoms with Crippen LogP contribution in [-0.4, -0.2) is 79.7 Å². The third-order valence-corrected chi connectivity index (χ3v) is 6.47. The fourth-order valence-electron chi connectivity index (χ4n) is 4.59. The number of rotatable bonds is 8. The molecule has 1 aromatic carbocycles. The number of ether oxygens (including phenoxy) is 3. The van der Waals surface area contributed by atoms with Crippen LogP contribution in [0.25, 0.3) is 0 Å². The lowest BCUT2D eigenvalue weighted by Gasteiger charge is -2.47. The van der Waals surface area contributed by atoms with Gasteiger partial charge in [-0.1, -0.05) is 6.07 Å². The fourth-order valence-corrected chi connectivity index (χ4v) is 4.59. The van der Waals surface area contributed by atoms with Gasteiger partial charge in [0.25, 0.3) is 0 Å². The van der Waals surface area contributed by atoms with Gasteiger partial charge in [-0.25, -0.2) is 0 Å². The largest absolute Gasteiger partial charge is 0.493 e. The molecule has 28 heavy (non-hydrogen) atoms. The van der Waals surface area contributed by atoms with Crippen LogP contribution in [0, 0.1) is 0 Å². The summed E-state index contributed by atoms with van der Waals surface area (Å²) in [6.07, 6.45) is 5.49. The van der Waals surface area contributed by atoms with E-state index in [9.17, 15) is 5.11 Å². The molecule has 0 unspecified atom stereocenters. The van der Waals surface area contributed by atoms with Crippen LogP contribution >= 0.6 is 0 Å². The predicted molar refractivity (Wildman–Crippen MR) is 108 cm³/mol. The maximum absolute atomic E-state index is 10.2. The minimum Gasteiger partial charge on any atom is -0.493 e. The van der Waals surface area contributed by atoms with Gasteiger partial charge in [0, 0.05) is 26.2 Å². The van der Waals surface area contributed by atoms with Crippen LogP contribution in [0.1, 0.15) is 37.7 Å². The second kappa shape index (κ2) is 8.99. The molecule has 4 rings (SSSR count). The van der Waals surface area contributed by atoms with E-state index in [1.807, 2.05) is 6.07 Å². The smallest absolute Gasteiger partial charge is 0.161 e. The van der Waals surface area contributed by atoms with Crippen molar-refractivity contribution in [2.24, 2.45) is 0 Å². The molecule has 1 atom stereocenters. The number of nitrogens with zero attached hydrogens (tertiary/aromatic N) is 2. The lowest BCUT2D eigenvalue weighted by molar-refractivity contribution is -0.173. The first-order valence-electron chi connectivity index (χ1n) is 10.7. The molecule has 0 aliphatic carbocycles. The number of benzene rings is 1. The minimum atomic E-state index is -0.475. The highest BCUT2D eigenvalue weighted by molar-refractivity contribution is 5.43. The van der Waals surface area contributed by atoms with Crippen molar-refractivity contribution in [2.45, 2.75) is 50.4 Å². The SMILES string of the molecule is COc1cc(CN2CCC3(CCO3)CC2)ccc1OC[C@@H](O)CN1CCCC1. The van der Waals surface area contributed by atoms with Crippen LogP contribution in [-0.2, 0) is 11.3 Å². The van der Waals surface area contributed by atoms with Crippen molar-refractivity contribution in [3.63, 3.8) is 0 Å².